The number of carbonyl (C=O) groups is 1. The molecule has 0 aliphatic carbocycles. The summed E-state index contributed by atoms with van der Waals surface area (Å²) in [5.74, 6) is -0.0578. The van der Waals surface area contributed by atoms with E-state index in [1.165, 1.54) is 5.56 Å². The van der Waals surface area contributed by atoms with Crippen LogP contribution in [0, 0.1) is 0 Å². The number of rotatable bonds is 6. The normalized spacial score (nSPS) is 11.1. The molecule has 24 heavy (non-hydrogen) atoms. The van der Waals surface area contributed by atoms with E-state index in [-0.39, 0.29) is 5.91 Å². The van der Waals surface area contributed by atoms with Crippen molar-refractivity contribution in [2.75, 3.05) is 20.1 Å². The summed E-state index contributed by atoms with van der Waals surface area (Å²) < 4.78 is 0. The van der Waals surface area contributed by atoms with Crippen LogP contribution in [0.3, 0.4) is 0 Å². The summed E-state index contributed by atoms with van der Waals surface area (Å²) in [5.41, 5.74) is 3.61. The third-order valence-corrected chi connectivity index (χ3v) is 4.27. The topological polar surface area (TPSA) is 54.0 Å². The molecule has 2 N–H and O–H groups in total. The predicted molar refractivity (Wildman–Crippen MR) is 99.5 cm³/mol. The van der Waals surface area contributed by atoms with Crippen molar-refractivity contribution in [3.63, 3.8) is 0 Å². The van der Waals surface area contributed by atoms with E-state index in [2.05, 4.69) is 41.8 Å². The molecule has 1 heterocycles. The fourth-order valence-electron chi connectivity index (χ4n) is 2.98. The highest BCUT2D eigenvalue weighted by molar-refractivity contribution is 6.08. The summed E-state index contributed by atoms with van der Waals surface area (Å²) in [6.45, 7) is 3.67. The van der Waals surface area contributed by atoms with Gasteiger partial charge in [0.25, 0.3) is 5.91 Å². The van der Waals surface area contributed by atoms with Crippen molar-refractivity contribution < 1.29 is 4.79 Å². The van der Waals surface area contributed by atoms with Crippen LogP contribution in [0.4, 0.5) is 0 Å². The number of fused-ring (bicyclic) bond motifs is 2. The van der Waals surface area contributed by atoms with Gasteiger partial charge in [-0.15, -0.1) is 0 Å². The molecule has 0 spiro atoms. The molecule has 0 atom stereocenters. The van der Waals surface area contributed by atoms with E-state index in [1.54, 1.807) is 0 Å². The number of aromatic nitrogens is 1. The fourth-order valence-corrected chi connectivity index (χ4v) is 2.98. The Bertz CT molecular complexity index is 873. The maximum atomic E-state index is 12.5. The Morgan fingerprint density at radius 1 is 1.04 bits per heavy atom. The number of hydrogen-bond donors (Lipinski definition) is 2. The van der Waals surface area contributed by atoms with Crippen LogP contribution in [0.5, 0.6) is 0 Å². The number of benzene rings is 2. The fraction of sp³-hybridized carbons (Fsp3) is 0.300. The molecule has 1 aromatic heterocycles. The Morgan fingerprint density at radius 2 is 1.79 bits per heavy atom. The van der Waals surface area contributed by atoms with Crippen molar-refractivity contribution >= 4 is 27.7 Å². The lowest BCUT2D eigenvalue weighted by Gasteiger charge is -2.10. The summed E-state index contributed by atoms with van der Waals surface area (Å²) in [7, 11) is 1.91. The van der Waals surface area contributed by atoms with Crippen LogP contribution in [0.15, 0.2) is 42.5 Å². The van der Waals surface area contributed by atoms with Crippen LogP contribution in [0.25, 0.3) is 21.8 Å². The van der Waals surface area contributed by atoms with E-state index in [4.69, 9.17) is 4.98 Å². The molecule has 4 heteroatoms. The number of aryl methyl sites for hydroxylation is 1. The van der Waals surface area contributed by atoms with Crippen molar-refractivity contribution in [3.8, 4) is 0 Å². The molecule has 0 saturated carbocycles. The minimum Gasteiger partial charge on any atom is -0.352 e. The van der Waals surface area contributed by atoms with Gasteiger partial charge in [-0.1, -0.05) is 37.3 Å². The Balaban J connectivity index is 2.02. The summed E-state index contributed by atoms with van der Waals surface area (Å²) in [6.07, 6.45) is 1.83. The van der Waals surface area contributed by atoms with Crippen molar-refractivity contribution in [2.45, 2.75) is 19.8 Å². The van der Waals surface area contributed by atoms with E-state index in [1.807, 2.05) is 25.2 Å². The summed E-state index contributed by atoms with van der Waals surface area (Å²) in [4.78, 5) is 17.4. The maximum absolute atomic E-state index is 12.5. The summed E-state index contributed by atoms with van der Waals surface area (Å²) >= 11 is 0. The standard InChI is InChI=1S/C20H23N3O/c1-3-14-7-4-8-15-13-16-9-5-10-17(19(16)23-18(14)15)20(24)22-12-6-11-21-2/h4-5,7-10,13,21H,3,6,11-12H2,1-2H3,(H,22,24). The lowest BCUT2D eigenvalue weighted by Crippen LogP contribution is -2.26. The molecule has 4 nitrogen and oxygen atoms in total. The average molecular weight is 321 g/mol. The zero-order valence-electron chi connectivity index (χ0n) is 14.2. The van der Waals surface area contributed by atoms with Gasteiger partial charge in [0.15, 0.2) is 0 Å². The van der Waals surface area contributed by atoms with Gasteiger partial charge < -0.3 is 10.6 Å². The molecule has 124 valence electrons. The molecule has 2 aromatic carbocycles. The van der Waals surface area contributed by atoms with Crippen LogP contribution in [0.2, 0.25) is 0 Å². The number of para-hydroxylation sites is 2. The molecule has 0 radical (unpaired) electrons. The molecule has 3 aromatic rings. The van der Waals surface area contributed by atoms with Gasteiger partial charge in [0.2, 0.25) is 0 Å². The molecule has 0 aliphatic heterocycles. The van der Waals surface area contributed by atoms with Gasteiger partial charge in [-0.2, -0.15) is 0 Å². The predicted octanol–water partition coefficient (Wildman–Crippen LogP) is 3.29. The second-order valence-electron chi connectivity index (χ2n) is 5.92. The summed E-state index contributed by atoms with van der Waals surface area (Å²) in [6, 6.07) is 14.1. The third-order valence-electron chi connectivity index (χ3n) is 4.27. The molecule has 0 fully saturated rings. The first kappa shape index (κ1) is 16.4. The Morgan fingerprint density at radius 3 is 2.54 bits per heavy atom. The lowest BCUT2D eigenvalue weighted by atomic mass is 10.0. The number of nitrogens with one attached hydrogen (secondary N) is 2. The molecule has 3 rings (SSSR count). The zero-order valence-corrected chi connectivity index (χ0v) is 14.2. The number of hydrogen-bond acceptors (Lipinski definition) is 3. The van der Waals surface area contributed by atoms with Gasteiger partial charge >= 0.3 is 0 Å². The smallest absolute Gasteiger partial charge is 0.253 e. The van der Waals surface area contributed by atoms with Crippen molar-refractivity contribution in [3.05, 3.63) is 53.6 Å². The van der Waals surface area contributed by atoms with Gasteiger partial charge in [0.1, 0.15) is 0 Å². The van der Waals surface area contributed by atoms with E-state index in [9.17, 15) is 4.79 Å². The van der Waals surface area contributed by atoms with Crippen molar-refractivity contribution in [1.29, 1.82) is 0 Å². The first-order valence-corrected chi connectivity index (χ1v) is 8.48. The van der Waals surface area contributed by atoms with Crippen LogP contribution >= 0.6 is 0 Å². The first-order valence-electron chi connectivity index (χ1n) is 8.48. The van der Waals surface area contributed by atoms with E-state index in [0.717, 1.165) is 41.2 Å². The van der Waals surface area contributed by atoms with Gasteiger partial charge in [0.05, 0.1) is 16.6 Å². The zero-order chi connectivity index (χ0) is 16.9. The second kappa shape index (κ2) is 7.41. The van der Waals surface area contributed by atoms with Crippen LogP contribution in [0.1, 0.15) is 29.3 Å². The second-order valence-corrected chi connectivity index (χ2v) is 5.92. The highest BCUT2D eigenvalue weighted by Gasteiger charge is 2.12. The molecule has 0 unspecified atom stereocenters. The maximum Gasteiger partial charge on any atom is 0.253 e. The highest BCUT2D eigenvalue weighted by atomic mass is 16.1. The van der Waals surface area contributed by atoms with E-state index in [0.29, 0.717) is 12.1 Å². The number of carbonyl (C=O) groups excluding carboxylic acids is 1. The number of pyridine rings is 1. The molecule has 0 saturated heterocycles. The molecule has 1 amide bonds. The van der Waals surface area contributed by atoms with Crippen LogP contribution in [-0.2, 0) is 6.42 Å². The Kier molecular flexibility index (Phi) is 5.06. The molecular weight excluding hydrogens is 298 g/mol. The van der Waals surface area contributed by atoms with Gasteiger partial charge in [0, 0.05) is 17.3 Å². The molecular formula is C20H23N3O. The molecule has 0 aliphatic rings. The monoisotopic (exact) mass is 321 g/mol. The minimum atomic E-state index is -0.0578. The third kappa shape index (κ3) is 3.24. The quantitative estimate of drug-likeness (QED) is 0.541. The highest BCUT2D eigenvalue weighted by Crippen LogP contribution is 2.25. The van der Waals surface area contributed by atoms with Gasteiger partial charge in [-0.3, -0.25) is 4.79 Å². The minimum absolute atomic E-state index is 0.0578. The SMILES string of the molecule is CCc1cccc2cc3cccc(C(=O)NCCCNC)c3nc12. The molecule has 0 bridgehead atoms. The van der Waals surface area contributed by atoms with Crippen molar-refractivity contribution in [2.24, 2.45) is 0 Å². The van der Waals surface area contributed by atoms with Crippen molar-refractivity contribution in [1.82, 2.24) is 15.6 Å². The number of amides is 1. The van der Waals surface area contributed by atoms with Crippen LogP contribution < -0.4 is 10.6 Å². The first-order chi connectivity index (χ1) is 11.7. The average Bonchev–Trinajstić information content (AvgIpc) is 2.62. The summed E-state index contributed by atoms with van der Waals surface area (Å²) in [5, 5.41) is 8.18. The van der Waals surface area contributed by atoms with Gasteiger partial charge in [-0.25, -0.2) is 4.98 Å². The number of nitrogens with zero attached hydrogens (tertiary/aromatic N) is 1. The van der Waals surface area contributed by atoms with E-state index >= 15 is 0 Å². The lowest BCUT2D eigenvalue weighted by molar-refractivity contribution is 0.0955. The Hall–Kier alpha value is -2.46. The largest absolute Gasteiger partial charge is 0.352 e. The Labute approximate surface area is 142 Å². The van der Waals surface area contributed by atoms with Gasteiger partial charge in [-0.05, 0) is 44.1 Å². The van der Waals surface area contributed by atoms with Crippen LogP contribution in [-0.4, -0.2) is 31.0 Å². The van der Waals surface area contributed by atoms with E-state index < -0.39 is 0 Å².